The smallest absolute Gasteiger partial charge is 0.119 e. The third-order valence-corrected chi connectivity index (χ3v) is 4.89. The average Bonchev–Trinajstić information content (AvgIpc) is 2.46. The molecule has 1 heterocycles. The van der Waals surface area contributed by atoms with E-state index >= 15 is 0 Å². The van der Waals surface area contributed by atoms with Crippen molar-refractivity contribution in [1.82, 2.24) is 0 Å². The van der Waals surface area contributed by atoms with Crippen LogP contribution in [0.3, 0.4) is 0 Å². The van der Waals surface area contributed by atoms with Crippen LogP contribution in [-0.4, -0.2) is 25.2 Å². The Morgan fingerprint density at radius 3 is 2.56 bits per heavy atom. The van der Waals surface area contributed by atoms with Gasteiger partial charge in [-0.3, -0.25) is 0 Å². The summed E-state index contributed by atoms with van der Waals surface area (Å²) < 4.78 is 11.2. The Morgan fingerprint density at radius 2 is 1.89 bits per heavy atom. The van der Waals surface area contributed by atoms with Crippen LogP contribution in [0.1, 0.15) is 25.7 Å². The number of benzene rings is 1. The number of hydrogen-bond acceptors (Lipinski definition) is 2. The molecule has 3 heteroatoms. The van der Waals surface area contributed by atoms with Gasteiger partial charge in [-0.2, -0.15) is 0 Å². The topological polar surface area (TPSA) is 18.5 Å². The van der Waals surface area contributed by atoms with Crippen LogP contribution in [0.5, 0.6) is 5.75 Å². The number of halogens is 1. The monoisotopic (exact) mass is 312 g/mol. The fourth-order valence-corrected chi connectivity index (χ4v) is 3.25. The number of para-hydroxylation sites is 1. The molecule has 0 bridgehead atoms. The van der Waals surface area contributed by atoms with E-state index in [1.54, 1.807) is 0 Å². The van der Waals surface area contributed by atoms with Gasteiger partial charge in [-0.05, 0) is 43.2 Å². The van der Waals surface area contributed by atoms with Crippen molar-refractivity contribution in [3.05, 3.63) is 30.3 Å². The Labute approximate surface area is 118 Å². The van der Waals surface area contributed by atoms with Gasteiger partial charge >= 0.3 is 0 Å². The highest BCUT2D eigenvalue weighted by molar-refractivity contribution is 9.09. The van der Waals surface area contributed by atoms with Crippen molar-refractivity contribution in [2.45, 2.75) is 25.7 Å². The van der Waals surface area contributed by atoms with Gasteiger partial charge in [0.05, 0.1) is 6.61 Å². The summed E-state index contributed by atoms with van der Waals surface area (Å²) in [4.78, 5) is 0. The molecule has 1 aliphatic rings. The van der Waals surface area contributed by atoms with E-state index in [9.17, 15) is 0 Å². The van der Waals surface area contributed by atoms with Crippen molar-refractivity contribution < 1.29 is 9.47 Å². The van der Waals surface area contributed by atoms with Crippen molar-refractivity contribution in [3.8, 4) is 5.75 Å². The van der Waals surface area contributed by atoms with Gasteiger partial charge in [-0.15, -0.1) is 0 Å². The van der Waals surface area contributed by atoms with E-state index in [2.05, 4.69) is 15.9 Å². The molecule has 0 N–H and O–H groups in total. The second-order valence-electron chi connectivity index (χ2n) is 5.01. The molecule has 1 saturated heterocycles. The summed E-state index contributed by atoms with van der Waals surface area (Å²) in [6.07, 6.45) is 4.67. The zero-order valence-corrected chi connectivity index (χ0v) is 12.3. The van der Waals surface area contributed by atoms with Crippen LogP contribution >= 0.6 is 15.9 Å². The number of rotatable bonds is 6. The summed E-state index contributed by atoms with van der Waals surface area (Å²) in [6, 6.07) is 10.0. The predicted octanol–water partition coefficient (Wildman–Crippen LogP) is 4.04. The van der Waals surface area contributed by atoms with Gasteiger partial charge in [-0.25, -0.2) is 0 Å². The molecule has 0 spiro atoms. The molecule has 0 atom stereocenters. The molecule has 1 aromatic carbocycles. The van der Waals surface area contributed by atoms with Crippen LogP contribution in [0, 0.1) is 5.41 Å². The summed E-state index contributed by atoms with van der Waals surface area (Å²) in [6.45, 7) is 2.62. The fraction of sp³-hybridized carbons (Fsp3) is 0.600. The highest BCUT2D eigenvalue weighted by Crippen LogP contribution is 2.37. The molecule has 0 unspecified atom stereocenters. The summed E-state index contributed by atoms with van der Waals surface area (Å²) in [5.74, 6) is 0.970. The molecule has 2 nitrogen and oxygen atoms in total. The minimum atomic E-state index is 0.429. The van der Waals surface area contributed by atoms with Crippen molar-refractivity contribution in [1.29, 1.82) is 0 Å². The summed E-state index contributed by atoms with van der Waals surface area (Å²) in [5, 5.41) is 1.08. The van der Waals surface area contributed by atoms with Crippen LogP contribution in [0.2, 0.25) is 0 Å². The Morgan fingerprint density at radius 1 is 1.17 bits per heavy atom. The second-order valence-corrected chi connectivity index (χ2v) is 5.57. The minimum absolute atomic E-state index is 0.429. The van der Waals surface area contributed by atoms with Gasteiger partial charge in [-0.1, -0.05) is 34.1 Å². The maximum atomic E-state index is 5.74. The SMILES string of the molecule is BrCC1(CCCOc2ccccc2)CCOCC1. The third-order valence-electron chi connectivity index (χ3n) is 3.70. The van der Waals surface area contributed by atoms with Gasteiger partial charge in [0.1, 0.15) is 5.75 Å². The maximum Gasteiger partial charge on any atom is 0.119 e. The number of alkyl halides is 1. The summed E-state index contributed by atoms with van der Waals surface area (Å²) in [7, 11) is 0. The van der Waals surface area contributed by atoms with Crippen LogP contribution in [-0.2, 0) is 4.74 Å². The largest absolute Gasteiger partial charge is 0.494 e. The van der Waals surface area contributed by atoms with E-state index in [0.717, 1.165) is 37.3 Å². The molecule has 0 aromatic heterocycles. The zero-order chi connectivity index (χ0) is 12.7. The molecule has 0 amide bonds. The first-order valence-corrected chi connectivity index (χ1v) is 7.78. The van der Waals surface area contributed by atoms with Crippen LogP contribution in [0.25, 0.3) is 0 Å². The van der Waals surface area contributed by atoms with E-state index in [-0.39, 0.29) is 0 Å². The molecule has 1 aromatic rings. The molecule has 0 aliphatic carbocycles. The Balaban J connectivity index is 1.71. The van der Waals surface area contributed by atoms with Crippen molar-refractivity contribution >= 4 is 15.9 Å². The summed E-state index contributed by atoms with van der Waals surface area (Å²) >= 11 is 3.67. The lowest BCUT2D eigenvalue weighted by Gasteiger charge is -2.35. The lowest BCUT2D eigenvalue weighted by Crippen LogP contribution is -2.31. The minimum Gasteiger partial charge on any atom is -0.494 e. The predicted molar refractivity (Wildman–Crippen MR) is 77.5 cm³/mol. The molecule has 0 radical (unpaired) electrons. The Kier molecular flexibility index (Phi) is 5.51. The van der Waals surface area contributed by atoms with Gasteiger partial charge in [0, 0.05) is 18.5 Å². The van der Waals surface area contributed by atoms with Crippen molar-refractivity contribution in [2.24, 2.45) is 5.41 Å². The summed E-state index contributed by atoms with van der Waals surface area (Å²) in [5.41, 5.74) is 0.429. The second kappa shape index (κ2) is 7.15. The van der Waals surface area contributed by atoms with Crippen molar-refractivity contribution in [2.75, 3.05) is 25.2 Å². The molecular formula is C15H21BrO2. The van der Waals surface area contributed by atoms with Crippen LogP contribution < -0.4 is 4.74 Å². The maximum absolute atomic E-state index is 5.74. The van der Waals surface area contributed by atoms with Gasteiger partial charge in [0.15, 0.2) is 0 Å². The van der Waals surface area contributed by atoms with E-state index in [4.69, 9.17) is 9.47 Å². The third kappa shape index (κ3) is 3.99. The first-order chi connectivity index (χ1) is 8.85. The number of hydrogen-bond donors (Lipinski definition) is 0. The van der Waals surface area contributed by atoms with Crippen LogP contribution in [0.4, 0.5) is 0 Å². The fourth-order valence-electron chi connectivity index (χ4n) is 2.41. The Hall–Kier alpha value is -0.540. The quantitative estimate of drug-likeness (QED) is 0.583. The highest BCUT2D eigenvalue weighted by atomic mass is 79.9. The Bertz CT molecular complexity index is 334. The van der Waals surface area contributed by atoms with Crippen molar-refractivity contribution in [3.63, 3.8) is 0 Å². The zero-order valence-electron chi connectivity index (χ0n) is 10.7. The first kappa shape index (κ1) is 13.9. The van der Waals surface area contributed by atoms with Gasteiger partial charge in [0.25, 0.3) is 0 Å². The molecule has 18 heavy (non-hydrogen) atoms. The van der Waals surface area contributed by atoms with Gasteiger partial charge < -0.3 is 9.47 Å². The molecule has 100 valence electrons. The molecular weight excluding hydrogens is 292 g/mol. The highest BCUT2D eigenvalue weighted by Gasteiger charge is 2.30. The molecule has 2 rings (SSSR count). The molecule has 1 aliphatic heterocycles. The lowest BCUT2D eigenvalue weighted by molar-refractivity contribution is 0.0203. The van der Waals surface area contributed by atoms with Crippen LogP contribution in [0.15, 0.2) is 30.3 Å². The van der Waals surface area contributed by atoms with Gasteiger partial charge in [0.2, 0.25) is 0 Å². The standard InChI is InChI=1S/C15H21BrO2/c16-13-15(8-11-17-12-9-15)7-4-10-18-14-5-2-1-3-6-14/h1-3,5-6H,4,7-13H2. The van der Waals surface area contributed by atoms with E-state index in [1.807, 2.05) is 30.3 Å². The van der Waals surface area contributed by atoms with E-state index in [0.29, 0.717) is 5.41 Å². The molecule has 0 saturated carbocycles. The number of ether oxygens (including phenoxy) is 2. The molecule has 1 fully saturated rings. The normalized spacial score (nSPS) is 18.5. The lowest BCUT2D eigenvalue weighted by atomic mass is 9.78. The first-order valence-electron chi connectivity index (χ1n) is 6.66. The average molecular weight is 313 g/mol. The van der Waals surface area contributed by atoms with E-state index in [1.165, 1.54) is 19.3 Å². The van der Waals surface area contributed by atoms with E-state index < -0.39 is 0 Å².